The van der Waals surface area contributed by atoms with Gasteiger partial charge in [-0.25, -0.2) is 0 Å². The Hall–Kier alpha value is -0.590. The summed E-state index contributed by atoms with van der Waals surface area (Å²) in [5, 5.41) is 0. The van der Waals surface area contributed by atoms with Crippen LogP contribution in [0.5, 0.6) is 0 Å². The molecule has 0 aromatic rings. The van der Waals surface area contributed by atoms with Crippen LogP contribution in [0.4, 0.5) is 0 Å². The zero-order chi connectivity index (χ0) is 9.40. The first-order chi connectivity index (χ1) is 5.66. The number of unbranched alkanes of at least 4 members (excludes halogenated alkanes) is 1. The summed E-state index contributed by atoms with van der Waals surface area (Å²) in [6.07, 6.45) is 7.51. The Balaban J connectivity index is 3.47. The van der Waals surface area contributed by atoms with E-state index in [0.29, 0.717) is 6.42 Å². The molecule has 0 radical (unpaired) electrons. The molecule has 0 bridgehead atoms. The molecule has 0 N–H and O–H groups in total. The van der Waals surface area contributed by atoms with Gasteiger partial charge in [-0.3, -0.25) is 0 Å². The summed E-state index contributed by atoms with van der Waals surface area (Å²) in [6, 6.07) is 0. The predicted octanol–water partition coefficient (Wildman–Crippen LogP) is 3.49. The number of hydrogen-bond acceptors (Lipinski definition) is 1. The minimum absolute atomic E-state index is 0.287. The minimum Gasteiger partial charge on any atom is -0.300 e. The smallest absolute Gasteiger partial charge is 0.130 e. The summed E-state index contributed by atoms with van der Waals surface area (Å²) in [5.74, 6) is 0.287. The summed E-state index contributed by atoms with van der Waals surface area (Å²) in [5.41, 5.74) is 1.43. The summed E-state index contributed by atoms with van der Waals surface area (Å²) in [7, 11) is 0. The Bertz CT molecular complexity index is 156. The third-order valence-electron chi connectivity index (χ3n) is 1.91. The number of carbonyl (C=O) groups is 1. The molecule has 1 nitrogen and oxygen atoms in total. The molecule has 0 saturated carbocycles. The molecular weight excluding hydrogens is 148 g/mol. The Morgan fingerprint density at radius 3 is 2.42 bits per heavy atom. The van der Waals surface area contributed by atoms with E-state index in [9.17, 15) is 4.79 Å². The lowest BCUT2D eigenvalue weighted by Crippen LogP contribution is -1.87. The first-order valence-electron chi connectivity index (χ1n) is 4.82. The zero-order valence-corrected chi connectivity index (χ0v) is 8.52. The van der Waals surface area contributed by atoms with Crippen molar-refractivity contribution in [2.24, 2.45) is 0 Å². The molecule has 0 saturated heterocycles. The molecule has 0 fully saturated rings. The lowest BCUT2D eigenvalue weighted by atomic mass is 10.1. The monoisotopic (exact) mass is 168 g/mol. The van der Waals surface area contributed by atoms with Crippen molar-refractivity contribution >= 4 is 5.78 Å². The molecule has 0 aromatic heterocycles. The fraction of sp³-hybridized carbons (Fsp3) is 0.727. The highest BCUT2D eigenvalue weighted by atomic mass is 16.1. The second kappa shape index (κ2) is 7.08. The van der Waals surface area contributed by atoms with Crippen LogP contribution in [0.3, 0.4) is 0 Å². The molecule has 0 aliphatic carbocycles. The molecule has 12 heavy (non-hydrogen) atoms. The number of carbonyl (C=O) groups excluding carboxylic acids is 1. The van der Waals surface area contributed by atoms with Gasteiger partial charge in [-0.05, 0) is 33.1 Å². The van der Waals surface area contributed by atoms with E-state index in [1.807, 2.05) is 0 Å². The maximum atomic E-state index is 10.6. The molecular formula is C11H20O. The van der Waals surface area contributed by atoms with Crippen molar-refractivity contribution < 1.29 is 4.79 Å². The standard InChI is InChI=1S/C11H20O/c1-4-5-7-10(2)8-6-9-11(3)12/h8H,4-7,9H2,1-3H3/b10-8+. The number of ketones is 1. The maximum absolute atomic E-state index is 10.6. The van der Waals surface area contributed by atoms with E-state index in [0.717, 1.165) is 6.42 Å². The Labute approximate surface area is 75.9 Å². The zero-order valence-electron chi connectivity index (χ0n) is 8.52. The van der Waals surface area contributed by atoms with E-state index in [1.165, 1.54) is 24.8 Å². The SMILES string of the molecule is CCCC/C(C)=C/CCC(C)=O. The molecule has 0 aliphatic heterocycles. The third kappa shape index (κ3) is 7.52. The summed E-state index contributed by atoms with van der Waals surface area (Å²) >= 11 is 0. The van der Waals surface area contributed by atoms with Gasteiger partial charge in [0.2, 0.25) is 0 Å². The second-order valence-corrected chi connectivity index (χ2v) is 3.39. The maximum Gasteiger partial charge on any atom is 0.130 e. The summed E-state index contributed by atoms with van der Waals surface area (Å²) in [4.78, 5) is 10.6. The highest BCUT2D eigenvalue weighted by molar-refractivity contribution is 5.75. The number of allylic oxidation sites excluding steroid dienone is 2. The highest BCUT2D eigenvalue weighted by Crippen LogP contribution is 2.07. The third-order valence-corrected chi connectivity index (χ3v) is 1.91. The van der Waals surface area contributed by atoms with Gasteiger partial charge in [0.1, 0.15) is 5.78 Å². The lowest BCUT2D eigenvalue weighted by molar-refractivity contribution is -0.116. The Kier molecular flexibility index (Phi) is 6.73. The normalized spacial score (nSPS) is 11.8. The Morgan fingerprint density at radius 1 is 1.25 bits per heavy atom. The van der Waals surface area contributed by atoms with E-state index in [1.54, 1.807) is 6.92 Å². The Morgan fingerprint density at radius 2 is 1.92 bits per heavy atom. The van der Waals surface area contributed by atoms with Gasteiger partial charge in [-0.15, -0.1) is 0 Å². The van der Waals surface area contributed by atoms with Gasteiger partial charge in [0.15, 0.2) is 0 Å². The molecule has 0 spiro atoms. The van der Waals surface area contributed by atoms with Gasteiger partial charge < -0.3 is 4.79 Å². The van der Waals surface area contributed by atoms with Crippen LogP contribution in [0.2, 0.25) is 0 Å². The van der Waals surface area contributed by atoms with E-state index in [2.05, 4.69) is 19.9 Å². The average molecular weight is 168 g/mol. The van der Waals surface area contributed by atoms with E-state index in [4.69, 9.17) is 0 Å². The van der Waals surface area contributed by atoms with Gasteiger partial charge in [-0.1, -0.05) is 25.0 Å². The largest absolute Gasteiger partial charge is 0.300 e. The minimum atomic E-state index is 0.287. The highest BCUT2D eigenvalue weighted by Gasteiger charge is 1.92. The topological polar surface area (TPSA) is 17.1 Å². The second-order valence-electron chi connectivity index (χ2n) is 3.39. The summed E-state index contributed by atoms with van der Waals surface area (Å²) in [6.45, 7) is 5.99. The quantitative estimate of drug-likeness (QED) is 0.555. The van der Waals surface area contributed by atoms with Crippen molar-refractivity contribution in [3.8, 4) is 0 Å². The van der Waals surface area contributed by atoms with Crippen LogP contribution in [0, 0.1) is 0 Å². The molecule has 0 atom stereocenters. The van der Waals surface area contributed by atoms with E-state index >= 15 is 0 Å². The lowest BCUT2D eigenvalue weighted by Gasteiger charge is -1.98. The molecule has 70 valence electrons. The van der Waals surface area contributed by atoms with Crippen LogP contribution in [0.15, 0.2) is 11.6 Å². The van der Waals surface area contributed by atoms with Crippen LogP contribution in [-0.2, 0) is 4.79 Å². The van der Waals surface area contributed by atoms with Gasteiger partial charge in [0.25, 0.3) is 0 Å². The number of Topliss-reactive ketones (excluding diaryl/α,β-unsaturated/α-hetero) is 1. The molecule has 0 rings (SSSR count). The van der Waals surface area contributed by atoms with Crippen molar-refractivity contribution in [3.05, 3.63) is 11.6 Å². The van der Waals surface area contributed by atoms with Crippen molar-refractivity contribution in [2.45, 2.75) is 52.9 Å². The number of rotatable bonds is 6. The van der Waals surface area contributed by atoms with Crippen LogP contribution in [0.25, 0.3) is 0 Å². The molecule has 0 amide bonds. The van der Waals surface area contributed by atoms with Gasteiger partial charge in [-0.2, -0.15) is 0 Å². The molecule has 0 unspecified atom stereocenters. The van der Waals surface area contributed by atoms with E-state index < -0.39 is 0 Å². The van der Waals surface area contributed by atoms with Crippen molar-refractivity contribution in [2.75, 3.05) is 0 Å². The van der Waals surface area contributed by atoms with Crippen LogP contribution in [0.1, 0.15) is 52.9 Å². The summed E-state index contributed by atoms with van der Waals surface area (Å²) < 4.78 is 0. The molecule has 0 aromatic carbocycles. The van der Waals surface area contributed by atoms with Gasteiger partial charge in [0.05, 0.1) is 0 Å². The van der Waals surface area contributed by atoms with Crippen LogP contribution >= 0.6 is 0 Å². The van der Waals surface area contributed by atoms with Crippen LogP contribution < -0.4 is 0 Å². The van der Waals surface area contributed by atoms with Gasteiger partial charge in [0, 0.05) is 6.42 Å². The predicted molar refractivity (Wildman–Crippen MR) is 53.2 cm³/mol. The average Bonchev–Trinajstić information content (AvgIpc) is 2.00. The molecule has 0 heterocycles. The fourth-order valence-electron chi connectivity index (χ4n) is 1.08. The van der Waals surface area contributed by atoms with Crippen molar-refractivity contribution in [3.63, 3.8) is 0 Å². The van der Waals surface area contributed by atoms with Crippen molar-refractivity contribution in [1.29, 1.82) is 0 Å². The molecule has 1 heteroatoms. The van der Waals surface area contributed by atoms with Crippen LogP contribution in [-0.4, -0.2) is 5.78 Å². The van der Waals surface area contributed by atoms with Gasteiger partial charge >= 0.3 is 0 Å². The number of hydrogen-bond donors (Lipinski definition) is 0. The van der Waals surface area contributed by atoms with E-state index in [-0.39, 0.29) is 5.78 Å². The first-order valence-corrected chi connectivity index (χ1v) is 4.82. The fourth-order valence-corrected chi connectivity index (χ4v) is 1.08. The molecule has 0 aliphatic rings. The first kappa shape index (κ1) is 11.4. The van der Waals surface area contributed by atoms with Crippen molar-refractivity contribution in [1.82, 2.24) is 0 Å².